The Morgan fingerprint density at radius 2 is 1.85 bits per heavy atom. The van der Waals surface area contributed by atoms with Crippen LogP contribution in [-0.4, -0.2) is 46.6 Å². The number of nitrogens with zero attached hydrogens (tertiary/aromatic N) is 4. The molecule has 1 saturated carbocycles. The lowest BCUT2D eigenvalue weighted by atomic mass is 10.2. The normalized spacial score (nSPS) is 14.3. The molecule has 1 N–H and O–H groups in total. The van der Waals surface area contributed by atoms with Crippen molar-refractivity contribution in [2.75, 3.05) is 19.1 Å². The Kier molecular flexibility index (Phi) is 5.85. The summed E-state index contributed by atoms with van der Waals surface area (Å²) in [6.07, 6.45) is -0.258. The molecule has 0 unspecified atom stereocenters. The smallest absolute Gasteiger partial charge is 0.420 e. The highest BCUT2D eigenvalue weighted by Gasteiger charge is 2.53. The topological polar surface area (TPSA) is 120 Å². The van der Waals surface area contributed by atoms with Crippen LogP contribution in [0.5, 0.6) is 17.2 Å². The van der Waals surface area contributed by atoms with Crippen molar-refractivity contribution in [3.63, 3.8) is 0 Å². The van der Waals surface area contributed by atoms with Gasteiger partial charge in [0.2, 0.25) is 11.7 Å². The number of aromatic nitrogens is 3. The summed E-state index contributed by atoms with van der Waals surface area (Å²) < 4.78 is 55.1. The van der Waals surface area contributed by atoms with Crippen molar-refractivity contribution in [2.24, 2.45) is 0 Å². The summed E-state index contributed by atoms with van der Waals surface area (Å²) in [5.41, 5.74) is -2.15. The van der Waals surface area contributed by atoms with Crippen LogP contribution in [0, 0.1) is 0 Å². The monoisotopic (exact) mass is 477 g/mol. The summed E-state index contributed by atoms with van der Waals surface area (Å²) in [5, 5.41) is 6.09. The number of anilines is 1. The predicted octanol–water partition coefficient (Wildman–Crippen LogP) is 3.21. The Bertz CT molecular complexity index is 1190. The molecule has 34 heavy (non-hydrogen) atoms. The van der Waals surface area contributed by atoms with E-state index in [1.165, 1.54) is 32.5 Å². The number of halogens is 3. The maximum Gasteiger partial charge on any atom is 0.420 e. The third kappa shape index (κ3) is 4.63. The van der Waals surface area contributed by atoms with Crippen LogP contribution in [0.3, 0.4) is 0 Å². The van der Waals surface area contributed by atoms with E-state index in [4.69, 9.17) is 14.0 Å². The van der Waals surface area contributed by atoms with Crippen molar-refractivity contribution in [3.05, 3.63) is 54.2 Å². The van der Waals surface area contributed by atoms with Crippen LogP contribution in [0.25, 0.3) is 0 Å². The maximum atomic E-state index is 13.4. The highest BCUT2D eigenvalue weighted by atomic mass is 19.4. The lowest BCUT2D eigenvalue weighted by molar-refractivity contribution is -0.138. The second-order valence-electron chi connectivity index (χ2n) is 7.46. The summed E-state index contributed by atoms with van der Waals surface area (Å²) in [4.78, 5) is 34.3. The zero-order valence-corrected chi connectivity index (χ0v) is 17.9. The third-order valence-corrected chi connectivity index (χ3v) is 5.11. The minimum Gasteiger partial charge on any atom is -0.497 e. The Morgan fingerprint density at radius 3 is 2.41 bits per heavy atom. The Morgan fingerprint density at radius 1 is 1.15 bits per heavy atom. The second kappa shape index (κ2) is 8.65. The molecular formula is C21H18F3N5O5. The minimum absolute atomic E-state index is 0.0239. The van der Waals surface area contributed by atoms with Crippen molar-refractivity contribution in [1.82, 2.24) is 20.4 Å². The number of likely N-dealkylation sites (N-methyl/N-ethyl adjacent to an activating group) is 1. The van der Waals surface area contributed by atoms with E-state index in [0.29, 0.717) is 12.8 Å². The molecule has 0 spiro atoms. The maximum absolute atomic E-state index is 13.4. The number of carbonyl (C=O) groups is 2. The third-order valence-electron chi connectivity index (χ3n) is 5.11. The first-order chi connectivity index (χ1) is 16.1. The van der Waals surface area contributed by atoms with Crippen LogP contribution in [0.4, 0.5) is 19.1 Å². The molecule has 1 aliphatic rings. The number of alkyl halides is 3. The molecule has 0 saturated heterocycles. The molecule has 1 fully saturated rings. The summed E-state index contributed by atoms with van der Waals surface area (Å²) in [6, 6.07) is 4.64. The van der Waals surface area contributed by atoms with Gasteiger partial charge in [-0.05, 0) is 31.0 Å². The average molecular weight is 477 g/mol. The van der Waals surface area contributed by atoms with Crippen molar-refractivity contribution in [1.29, 1.82) is 0 Å². The van der Waals surface area contributed by atoms with Gasteiger partial charge in [-0.25, -0.2) is 9.97 Å². The molecule has 1 aliphatic carbocycles. The molecule has 2 amide bonds. The summed E-state index contributed by atoms with van der Waals surface area (Å²) >= 11 is 0. The van der Waals surface area contributed by atoms with Gasteiger partial charge in [0.1, 0.15) is 22.6 Å². The van der Waals surface area contributed by atoms with E-state index in [-0.39, 0.29) is 23.2 Å². The largest absolute Gasteiger partial charge is 0.497 e. The molecule has 0 atom stereocenters. The van der Waals surface area contributed by atoms with Crippen LogP contribution >= 0.6 is 0 Å². The minimum atomic E-state index is -4.67. The number of ether oxygens (including phenoxy) is 2. The zero-order valence-electron chi connectivity index (χ0n) is 17.9. The van der Waals surface area contributed by atoms with Crippen LogP contribution < -0.4 is 19.7 Å². The molecule has 0 aliphatic heterocycles. The van der Waals surface area contributed by atoms with E-state index in [0.717, 1.165) is 29.4 Å². The molecule has 0 bridgehead atoms. The standard InChI is InChI=1S/C21H18F3N5O5/c1-29(18(31)20(6-7-20)28-17(30)16-5-8-27-34-16)19-25-10-13(11-26-19)33-15-4-3-12(32-2)9-14(15)21(22,23)24/h3-5,8-11H,6-7H2,1-2H3,(H,28,30). The van der Waals surface area contributed by atoms with Gasteiger partial charge in [-0.1, -0.05) is 5.16 Å². The number of hydrogen-bond acceptors (Lipinski definition) is 8. The zero-order chi connectivity index (χ0) is 24.5. The number of methoxy groups -OCH3 is 1. The fourth-order valence-electron chi connectivity index (χ4n) is 3.15. The van der Waals surface area contributed by atoms with Crippen molar-refractivity contribution in [2.45, 2.75) is 24.6 Å². The molecule has 4 rings (SSSR count). The fraction of sp³-hybridized carbons (Fsp3) is 0.286. The Hall–Kier alpha value is -4.16. The van der Waals surface area contributed by atoms with E-state index < -0.39 is 34.8 Å². The van der Waals surface area contributed by atoms with Crippen LogP contribution in [0.15, 0.2) is 47.4 Å². The predicted molar refractivity (Wildman–Crippen MR) is 109 cm³/mol. The molecule has 0 radical (unpaired) electrons. The second-order valence-corrected chi connectivity index (χ2v) is 7.46. The Balaban J connectivity index is 1.47. The van der Waals surface area contributed by atoms with E-state index >= 15 is 0 Å². The SMILES string of the molecule is COc1ccc(Oc2cnc(N(C)C(=O)C3(NC(=O)c4ccno4)CC3)nc2)c(C(F)(F)F)c1. The van der Waals surface area contributed by atoms with Crippen LogP contribution in [0.2, 0.25) is 0 Å². The van der Waals surface area contributed by atoms with E-state index in [9.17, 15) is 22.8 Å². The number of nitrogens with one attached hydrogen (secondary N) is 1. The molecule has 2 aromatic heterocycles. The highest BCUT2D eigenvalue weighted by Crippen LogP contribution is 2.40. The molecule has 3 aromatic rings. The van der Waals surface area contributed by atoms with Gasteiger partial charge in [0, 0.05) is 13.1 Å². The van der Waals surface area contributed by atoms with Gasteiger partial charge in [0.25, 0.3) is 11.8 Å². The summed E-state index contributed by atoms with van der Waals surface area (Å²) in [6.45, 7) is 0. The lowest BCUT2D eigenvalue weighted by Gasteiger charge is -2.22. The fourth-order valence-corrected chi connectivity index (χ4v) is 3.15. The molecule has 10 nitrogen and oxygen atoms in total. The molecule has 2 heterocycles. The number of benzene rings is 1. The van der Waals surface area contributed by atoms with Gasteiger partial charge in [-0.3, -0.25) is 14.5 Å². The first-order valence-corrected chi connectivity index (χ1v) is 9.89. The van der Waals surface area contributed by atoms with E-state index in [1.54, 1.807) is 0 Å². The molecule has 1 aromatic carbocycles. The first-order valence-electron chi connectivity index (χ1n) is 9.89. The van der Waals surface area contributed by atoms with Crippen LogP contribution in [0.1, 0.15) is 29.0 Å². The van der Waals surface area contributed by atoms with Gasteiger partial charge in [-0.15, -0.1) is 0 Å². The van der Waals surface area contributed by atoms with Crippen molar-refractivity contribution >= 4 is 17.8 Å². The first kappa shape index (κ1) is 23.0. The summed E-state index contributed by atoms with van der Waals surface area (Å²) in [5.74, 6) is -1.60. The number of carbonyl (C=O) groups excluding carboxylic acids is 2. The number of rotatable bonds is 7. The van der Waals surface area contributed by atoms with E-state index in [2.05, 4.69) is 20.4 Å². The van der Waals surface area contributed by atoms with E-state index in [1.807, 2.05) is 0 Å². The highest BCUT2D eigenvalue weighted by molar-refractivity contribution is 6.05. The lowest BCUT2D eigenvalue weighted by Crippen LogP contribution is -2.50. The van der Waals surface area contributed by atoms with Gasteiger partial charge >= 0.3 is 6.18 Å². The number of amides is 2. The van der Waals surface area contributed by atoms with Gasteiger partial charge in [0.15, 0.2) is 5.75 Å². The van der Waals surface area contributed by atoms with Gasteiger partial charge in [0.05, 0.1) is 25.7 Å². The molecule has 178 valence electrons. The number of hydrogen-bond donors (Lipinski definition) is 1. The molecular weight excluding hydrogens is 459 g/mol. The average Bonchev–Trinajstić information content (AvgIpc) is 3.38. The molecule has 13 heteroatoms. The van der Waals surface area contributed by atoms with Crippen molar-refractivity contribution < 1.29 is 36.8 Å². The van der Waals surface area contributed by atoms with Crippen LogP contribution in [-0.2, 0) is 11.0 Å². The van der Waals surface area contributed by atoms with Gasteiger partial charge in [-0.2, -0.15) is 13.2 Å². The quantitative estimate of drug-likeness (QED) is 0.551. The Labute approximate surface area is 190 Å². The van der Waals surface area contributed by atoms with Gasteiger partial charge < -0.3 is 19.3 Å². The van der Waals surface area contributed by atoms with Crippen molar-refractivity contribution in [3.8, 4) is 17.2 Å². The summed E-state index contributed by atoms with van der Waals surface area (Å²) in [7, 11) is 2.68.